The van der Waals surface area contributed by atoms with E-state index < -0.39 is 0 Å². The van der Waals surface area contributed by atoms with Crippen molar-refractivity contribution in [1.82, 2.24) is 9.55 Å². The van der Waals surface area contributed by atoms with E-state index in [0.29, 0.717) is 10.6 Å². The van der Waals surface area contributed by atoms with Crippen LogP contribution in [0.4, 0.5) is 0 Å². The van der Waals surface area contributed by atoms with Crippen LogP contribution in [-0.2, 0) is 7.05 Å². The van der Waals surface area contributed by atoms with Gasteiger partial charge in [0.2, 0.25) is 0 Å². The van der Waals surface area contributed by atoms with Crippen LogP contribution in [0.1, 0.15) is 48.5 Å². The Morgan fingerprint density at radius 1 is 1.16 bits per heavy atom. The Labute approximate surface area is 118 Å². The van der Waals surface area contributed by atoms with Gasteiger partial charge < -0.3 is 4.57 Å². The van der Waals surface area contributed by atoms with Crippen LogP contribution in [0.25, 0.3) is 12.2 Å². The fraction of sp³-hybridized carbons (Fsp3) is 0.500. The SMILES string of the molecule is C=C/C=c1/c(=O)n(C)cn/c1=C/C.CC.CC.CC. The van der Waals surface area contributed by atoms with E-state index in [1.807, 2.05) is 48.5 Å². The van der Waals surface area contributed by atoms with E-state index in [9.17, 15) is 4.79 Å². The van der Waals surface area contributed by atoms with Crippen molar-refractivity contribution in [1.29, 1.82) is 0 Å². The van der Waals surface area contributed by atoms with Crippen molar-refractivity contribution in [3.05, 3.63) is 39.9 Å². The second kappa shape index (κ2) is 16.4. The minimum atomic E-state index is -0.0528. The van der Waals surface area contributed by atoms with Crippen molar-refractivity contribution in [2.24, 2.45) is 7.05 Å². The third kappa shape index (κ3) is 8.14. The van der Waals surface area contributed by atoms with Gasteiger partial charge in [0.25, 0.3) is 5.56 Å². The van der Waals surface area contributed by atoms with Crippen molar-refractivity contribution < 1.29 is 0 Å². The molecule has 3 nitrogen and oxygen atoms in total. The Morgan fingerprint density at radius 3 is 2.00 bits per heavy atom. The molecule has 0 aliphatic carbocycles. The van der Waals surface area contributed by atoms with Crippen molar-refractivity contribution in [3.8, 4) is 0 Å². The van der Waals surface area contributed by atoms with Crippen LogP contribution in [-0.4, -0.2) is 9.55 Å². The van der Waals surface area contributed by atoms with Gasteiger partial charge in [0.15, 0.2) is 0 Å². The number of nitrogens with zero attached hydrogens (tertiary/aromatic N) is 2. The summed E-state index contributed by atoms with van der Waals surface area (Å²) in [5.41, 5.74) is -0.0528. The van der Waals surface area contributed by atoms with Crippen LogP contribution < -0.4 is 16.1 Å². The summed E-state index contributed by atoms with van der Waals surface area (Å²) < 4.78 is 1.45. The van der Waals surface area contributed by atoms with Gasteiger partial charge in [0, 0.05) is 7.05 Å². The maximum Gasteiger partial charge on any atom is 0.260 e. The third-order valence-corrected chi connectivity index (χ3v) is 1.75. The molecule has 0 spiro atoms. The Kier molecular flexibility index (Phi) is 19.4. The summed E-state index contributed by atoms with van der Waals surface area (Å²) >= 11 is 0. The van der Waals surface area contributed by atoms with Gasteiger partial charge in [0.05, 0.1) is 16.9 Å². The van der Waals surface area contributed by atoms with Crippen LogP contribution in [0.2, 0.25) is 0 Å². The van der Waals surface area contributed by atoms with E-state index in [4.69, 9.17) is 0 Å². The second-order valence-corrected chi connectivity index (χ2v) is 2.65. The van der Waals surface area contributed by atoms with Crippen molar-refractivity contribution in [2.75, 3.05) is 0 Å². The fourth-order valence-corrected chi connectivity index (χ4v) is 1.07. The first kappa shape index (κ1) is 22.5. The van der Waals surface area contributed by atoms with Gasteiger partial charge in [-0.2, -0.15) is 0 Å². The minimum Gasteiger partial charge on any atom is -0.302 e. The quantitative estimate of drug-likeness (QED) is 0.783. The molecule has 0 atom stereocenters. The molecular formula is C16H30N2O. The van der Waals surface area contributed by atoms with Crippen molar-refractivity contribution >= 4 is 12.2 Å². The number of aromatic nitrogens is 2. The fourth-order valence-electron chi connectivity index (χ4n) is 1.07. The molecule has 0 N–H and O–H groups in total. The smallest absolute Gasteiger partial charge is 0.260 e. The summed E-state index contributed by atoms with van der Waals surface area (Å²) in [6.45, 7) is 17.4. The molecule has 0 unspecified atom stereocenters. The Balaban J connectivity index is -0.000000375. The molecule has 1 rings (SSSR count). The topological polar surface area (TPSA) is 34.9 Å². The van der Waals surface area contributed by atoms with E-state index in [1.165, 1.54) is 10.9 Å². The molecular weight excluding hydrogens is 236 g/mol. The zero-order valence-corrected chi connectivity index (χ0v) is 13.8. The standard InChI is InChI=1S/C10H12N2O.3C2H6/c1-4-6-8-9(5-2)11-7-12(3)10(8)13;3*1-2/h4-7H,1H2,2-3H3;3*1-2H3/b8-6+,9-5+;;;. The van der Waals surface area contributed by atoms with Crippen LogP contribution in [0.5, 0.6) is 0 Å². The van der Waals surface area contributed by atoms with E-state index in [2.05, 4.69) is 11.6 Å². The molecule has 19 heavy (non-hydrogen) atoms. The van der Waals surface area contributed by atoms with Gasteiger partial charge in [-0.25, -0.2) is 4.98 Å². The average Bonchev–Trinajstić information content (AvgIpc) is 2.50. The molecule has 0 saturated carbocycles. The molecule has 0 aromatic carbocycles. The first-order valence-electron chi connectivity index (χ1n) is 7.01. The van der Waals surface area contributed by atoms with Gasteiger partial charge in [-0.3, -0.25) is 4.79 Å². The first-order valence-corrected chi connectivity index (χ1v) is 7.01. The van der Waals surface area contributed by atoms with E-state index in [0.717, 1.165) is 0 Å². The normalized spacial score (nSPS) is 10.1. The molecule has 0 fully saturated rings. The molecule has 0 radical (unpaired) electrons. The van der Waals surface area contributed by atoms with Crippen LogP contribution in [0.3, 0.4) is 0 Å². The molecule has 110 valence electrons. The molecule has 3 heteroatoms. The van der Waals surface area contributed by atoms with Crippen molar-refractivity contribution in [3.63, 3.8) is 0 Å². The number of allylic oxidation sites excluding steroid dienone is 1. The van der Waals surface area contributed by atoms with E-state index in [1.54, 1.807) is 25.3 Å². The number of hydrogen-bond acceptors (Lipinski definition) is 2. The van der Waals surface area contributed by atoms with Gasteiger partial charge in [-0.1, -0.05) is 60.3 Å². The Hall–Kier alpha value is -1.64. The predicted molar refractivity (Wildman–Crippen MR) is 87.6 cm³/mol. The highest BCUT2D eigenvalue weighted by Gasteiger charge is 1.93. The zero-order valence-electron chi connectivity index (χ0n) is 13.8. The third-order valence-electron chi connectivity index (χ3n) is 1.75. The predicted octanol–water partition coefficient (Wildman–Crippen LogP) is 2.63. The highest BCUT2D eigenvalue weighted by atomic mass is 16.1. The van der Waals surface area contributed by atoms with E-state index in [-0.39, 0.29) is 5.56 Å². The van der Waals surface area contributed by atoms with Crippen LogP contribution in [0.15, 0.2) is 23.8 Å². The lowest BCUT2D eigenvalue weighted by Gasteiger charge is -1.94. The Bertz CT molecular complexity index is 484. The highest BCUT2D eigenvalue weighted by molar-refractivity contribution is 5.35. The summed E-state index contributed by atoms with van der Waals surface area (Å²) in [7, 11) is 1.68. The van der Waals surface area contributed by atoms with Crippen molar-refractivity contribution in [2.45, 2.75) is 48.5 Å². The molecule has 0 aliphatic heterocycles. The number of hydrogen-bond donors (Lipinski definition) is 0. The maximum absolute atomic E-state index is 11.6. The largest absolute Gasteiger partial charge is 0.302 e. The van der Waals surface area contributed by atoms with Gasteiger partial charge in [-0.05, 0) is 13.0 Å². The van der Waals surface area contributed by atoms with Gasteiger partial charge >= 0.3 is 0 Å². The van der Waals surface area contributed by atoms with Crippen LogP contribution >= 0.6 is 0 Å². The summed E-state index contributed by atoms with van der Waals surface area (Å²) in [6.07, 6.45) is 6.57. The highest BCUT2D eigenvalue weighted by Crippen LogP contribution is 1.63. The maximum atomic E-state index is 11.6. The second-order valence-electron chi connectivity index (χ2n) is 2.65. The van der Waals surface area contributed by atoms with Crippen LogP contribution in [0, 0.1) is 0 Å². The molecule has 1 heterocycles. The molecule has 0 saturated heterocycles. The molecule has 0 bridgehead atoms. The first-order chi connectivity index (χ1) is 9.20. The number of aryl methyl sites for hydroxylation is 1. The lowest BCUT2D eigenvalue weighted by molar-refractivity contribution is 0.804. The molecule has 1 aromatic rings. The summed E-state index contributed by atoms with van der Waals surface area (Å²) in [5, 5.41) is 1.28. The van der Waals surface area contributed by atoms with E-state index >= 15 is 0 Å². The molecule has 1 aromatic heterocycles. The van der Waals surface area contributed by atoms with Gasteiger partial charge in [-0.15, -0.1) is 0 Å². The summed E-state index contributed by atoms with van der Waals surface area (Å²) in [6, 6.07) is 0. The lowest BCUT2D eigenvalue weighted by atomic mass is 10.3. The van der Waals surface area contributed by atoms with Gasteiger partial charge in [0.1, 0.15) is 0 Å². The molecule has 0 aliphatic rings. The molecule has 0 amide bonds. The lowest BCUT2D eigenvalue weighted by Crippen LogP contribution is -2.45. The summed E-state index contributed by atoms with van der Waals surface area (Å²) in [4.78, 5) is 15.7. The average molecular weight is 266 g/mol. The summed E-state index contributed by atoms with van der Waals surface area (Å²) in [5.74, 6) is 0. The minimum absolute atomic E-state index is 0.0528. The monoisotopic (exact) mass is 266 g/mol. The Morgan fingerprint density at radius 2 is 1.63 bits per heavy atom. The number of rotatable bonds is 1. The zero-order chi connectivity index (χ0) is 15.8.